The Bertz CT molecular complexity index is 754. The zero-order valence-electron chi connectivity index (χ0n) is 13.7. The molecule has 0 unspecified atom stereocenters. The molecule has 3 N–H and O–H groups in total. The molecular weight excluding hydrogens is 484 g/mol. The molecule has 2 aromatic rings. The normalized spacial score (nSPS) is 11.7. The minimum atomic E-state index is -4.50. The van der Waals surface area contributed by atoms with E-state index in [4.69, 9.17) is 22.1 Å². The first kappa shape index (κ1) is 22.3. The van der Waals surface area contributed by atoms with Gasteiger partial charge in [0, 0.05) is 11.9 Å². The number of hydrogen-bond donors (Lipinski definition) is 2. The lowest BCUT2D eigenvalue weighted by Gasteiger charge is -2.10. The van der Waals surface area contributed by atoms with Crippen LogP contribution in [0.15, 0.2) is 41.5 Å². The number of benzene rings is 1. The van der Waals surface area contributed by atoms with E-state index < -0.39 is 11.7 Å². The van der Waals surface area contributed by atoms with E-state index in [0.29, 0.717) is 6.20 Å². The van der Waals surface area contributed by atoms with Gasteiger partial charge in [-0.25, -0.2) is 9.98 Å². The molecule has 0 spiro atoms. The largest absolute Gasteiger partial charge is 0.475 e. The number of aromatic nitrogens is 1. The summed E-state index contributed by atoms with van der Waals surface area (Å²) in [6.45, 7) is 2.22. The van der Waals surface area contributed by atoms with Crippen LogP contribution in [0.25, 0.3) is 0 Å². The Labute approximate surface area is 170 Å². The molecule has 2 rings (SSSR count). The monoisotopic (exact) mass is 500 g/mol. The molecule has 1 heterocycles. The van der Waals surface area contributed by atoms with Crippen molar-refractivity contribution >= 4 is 47.2 Å². The number of nitrogens with one attached hydrogen (secondary N) is 1. The van der Waals surface area contributed by atoms with Crippen LogP contribution >= 0.6 is 35.6 Å². The summed E-state index contributed by atoms with van der Waals surface area (Å²) < 4.78 is 42.8. The van der Waals surface area contributed by atoms with Gasteiger partial charge in [0.1, 0.15) is 11.6 Å². The lowest BCUT2D eigenvalue weighted by atomic mass is 10.2. The lowest BCUT2D eigenvalue weighted by Crippen LogP contribution is -2.23. The molecule has 0 aliphatic rings. The number of aliphatic imine (C=N–C) groups is 1. The third-order valence-electron chi connectivity index (χ3n) is 3.07. The molecule has 0 saturated heterocycles. The average molecular weight is 501 g/mol. The summed E-state index contributed by atoms with van der Waals surface area (Å²) in [4.78, 5) is 7.62. The summed E-state index contributed by atoms with van der Waals surface area (Å²) in [5.41, 5.74) is 6.71. The van der Waals surface area contributed by atoms with E-state index in [0.717, 1.165) is 17.3 Å². The van der Waals surface area contributed by atoms with E-state index in [1.807, 2.05) is 31.2 Å². The highest BCUT2D eigenvalue weighted by Gasteiger charge is 2.31. The fourth-order valence-electron chi connectivity index (χ4n) is 1.82. The Balaban J connectivity index is 0.00000338. The van der Waals surface area contributed by atoms with Crippen LogP contribution in [-0.2, 0) is 6.18 Å². The first-order chi connectivity index (χ1) is 11.8. The highest BCUT2D eigenvalue weighted by molar-refractivity contribution is 14.0. The Morgan fingerprint density at radius 2 is 1.96 bits per heavy atom. The number of guanidine groups is 1. The molecule has 1 aromatic heterocycles. The molecule has 0 aliphatic heterocycles. The van der Waals surface area contributed by atoms with Crippen LogP contribution in [0.5, 0.6) is 5.88 Å². The van der Waals surface area contributed by atoms with Gasteiger partial charge in [-0.1, -0.05) is 29.3 Å². The second-order valence-corrected chi connectivity index (χ2v) is 5.52. The third kappa shape index (κ3) is 6.87. The summed E-state index contributed by atoms with van der Waals surface area (Å²) in [5.74, 6) is 0.105. The quantitative estimate of drug-likeness (QED) is 0.275. The number of pyridine rings is 1. The van der Waals surface area contributed by atoms with E-state index in [-0.39, 0.29) is 54.0 Å². The molecule has 0 radical (unpaired) electrons. The van der Waals surface area contributed by atoms with Gasteiger partial charge < -0.3 is 15.8 Å². The summed E-state index contributed by atoms with van der Waals surface area (Å²) in [6.07, 6.45) is -3.84. The first-order valence-electron chi connectivity index (χ1n) is 7.25. The standard InChI is InChI=1S/C16H16ClF3N4O.HI/c1-10-2-4-12(5-3-10)24-15(21)22-6-7-25-14-13(17)8-11(9-23-14)16(18,19)20;/h2-5,8-9H,6-7H2,1H3,(H3,21,22,24);1H. The van der Waals surface area contributed by atoms with Gasteiger partial charge in [-0.05, 0) is 25.1 Å². The zero-order valence-corrected chi connectivity index (χ0v) is 16.8. The van der Waals surface area contributed by atoms with Crippen LogP contribution in [0.2, 0.25) is 5.02 Å². The fourth-order valence-corrected chi connectivity index (χ4v) is 2.04. The number of nitrogens with two attached hydrogens (primary N) is 1. The molecule has 0 bridgehead atoms. The van der Waals surface area contributed by atoms with E-state index >= 15 is 0 Å². The molecular formula is C16H17ClF3IN4O. The topological polar surface area (TPSA) is 72.5 Å². The molecule has 0 amide bonds. The molecule has 142 valence electrons. The van der Waals surface area contributed by atoms with Gasteiger partial charge in [-0.15, -0.1) is 24.0 Å². The predicted octanol–water partition coefficient (Wildman–Crippen LogP) is 4.49. The van der Waals surface area contributed by atoms with Crippen LogP contribution in [0.3, 0.4) is 0 Å². The van der Waals surface area contributed by atoms with Crippen molar-refractivity contribution in [2.45, 2.75) is 13.1 Å². The van der Waals surface area contributed by atoms with E-state index in [1.165, 1.54) is 0 Å². The number of ether oxygens (including phenoxy) is 1. The van der Waals surface area contributed by atoms with Crippen molar-refractivity contribution < 1.29 is 17.9 Å². The predicted molar refractivity (Wildman–Crippen MR) is 106 cm³/mol. The number of halogens is 5. The van der Waals surface area contributed by atoms with Gasteiger partial charge in [0.05, 0.1) is 12.1 Å². The number of nitrogens with zero attached hydrogens (tertiary/aromatic N) is 2. The highest BCUT2D eigenvalue weighted by atomic mass is 127. The van der Waals surface area contributed by atoms with Crippen molar-refractivity contribution in [3.05, 3.63) is 52.7 Å². The van der Waals surface area contributed by atoms with Crippen LogP contribution in [0, 0.1) is 6.92 Å². The number of rotatable bonds is 5. The Hall–Kier alpha value is -1.75. The van der Waals surface area contributed by atoms with Crippen molar-refractivity contribution in [2.75, 3.05) is 18.5 Å². The van der Waals surface area contributed by atoms with Crippen molar-refractivity contribution in [1.82, 2.24) is 4.98 Å². The number of alkyl halides is 3. The molecule has 5 nitrogen and oxygen atoms in total. The van der Waals surface area contributed by atoms with Crippen LogP contribution in [0.1, 0.15) is 11.1 Å². The van der Waals surface area contributed by atoms with Crippen LogP contribution in [-0.4, -0.2) is 24.1 Å². The van der Waals surface area contributed by atoms with Crippen molar-refractivity contribution in [1.29, 1.82) is 0 Å². The fraction of sp³-hybridized carbons (Fsp3) is 0.250. The molecule has 0 aliphatic carbocycles. The van der Waals surface area contributed by atoms with E-state index in [9.17, 15) is 13.2 Å². The number of aryl methyl sites for hydroxylation is 1. The second-order valence-electron chi connectivity index (χ2n) is 5.12. The second kappa shape index (κ2) is 9.81. The molecule has 1 aromatic carbocycles. The van der Waals surface area contributed by atoms with Gasteiger partial charge in [0.15, 0.2) is 5.96 Å². The number of hydrogen-bond acceptors (Lipinski definition) is 3. The molecule has 26 heavy (non-hydrogen) atoms. The van der Waals surface area contributed by atoms with Crippen LogP contribution < -0.4 is 15.8 Å². The third-order valence-corrected chi connectivity index (χ3v) is 3.34. The van der Waals surface area contributed by atoms with Gasteiger partial charge in [-0.2, -0.15) is 13.2 Å². The minimum Gasteiger partial charge on any atom is -0.475 e. The Morgan fingerprint density at radius 3 is 2.54 bits per heavy atom. The van der Waals surface area contributed by atoms with Crippen LogP contribution in [0.4, 0.5) is 18.9 Å². The maximum atomic E-state index is 12.5. The zero-order chi connectivity index (χ0) is 18.4. The smallest absolute Gasteiger partial charge is 0.417 e. The Kier molecular flexibility index (Phi) is 8.41. The van der Waals surface area contributed by atoms with Gasteiger partial charge in [0.25, 0.3) is 0 Å². The summed E-state index contributed by atoms with van der Waals surface area (Å²) in [7, 11) is 0. The maximum Gasteiger partial charge on any atom is 0.417 e. The number of anilines is 1. The van der Waals surface area contributed by atoms with Gasteiger partial charge in [-0.3, -0.25) is 0 Å². The van der Waals surface area contributed by atoms with Crippen molar-refractivity contribution in [3.8, 4) is 5.88 Å². The molecule has 0 atom stereocenters. The average Bonchev–Trinajstić information content (AvgIpc) is 2.54. The molecule has 0 fully saturated rings. The van der Waals surface area contributed by atoms with E-state index in [2.05, 4.69) is 15.3 Å². The SMILES string of the molecule is Cc1ccc(NC(N)=NCCOc2ncc(C(F)(F)F)cc2Cl)cc1.I. The molecule has 10 heteroatoms. The summed E-state index contributed by atoms with van der Waals surface area (Å²) >= 11 is 5.74. The van der Waals surface area contributed by atoms with Crippen molar-refractivity contribution in [2.24, 2.45) is 10.7 Å². The van der Waals surface area contributed by atoms with E-state index in [1.54, 1.807) is 0 Å². The van der Waals surface area contributed by atoms with Crippen molar-refractivity contribution in [3.63, 3.8) is 0 Å². The summed E-state index contributed by atoms with van der Waals surface area (Å²) in [6, 6.07) is 8.34. The summed E-state index contributed by atoms with van der Waals surface area (Å²) in [5, 5.41) is 2.69. The van der Waals surface area contributed by atoms with Gasteiger partial charge >= 0.3 is 6.18 Å². The molecule has 0 saturated carbocycles. The minimum absolute atomic E-state index is 0. The first-order valence-corrected chi connectivity index (χ1v) is 7.62. The highest BCUT2D eigenvalue weighted by Crippen LogP contribution is 2.32. The Morgan fingerprint density at radius 1 is 1.31 bits per heavy atom. The maximum absolute atomic E-state index is 12.5. The van der Waals surface area contributed by atoms with Gasteiger partial charge in [0.2, 0.25) is 5.88 Å². The lowest BCUT2D eigenvalue weighted by molar-refractivity contribution is -0.137.